The lowest BCUT2D eigenvalue weighted by atomic mass is 10.1. The topological polar surface area (TPSA) is 296 Å². The third kappa shape index (κ3) is 33.9. The van der Waals surface area contributed by atoms with Gasteiger partial charge in [-0.15, -0.1) is 0 Å². The number of carbonyl (C=O) groups excluding carboxylic acids is 7. The molecule has 0 aliphatic rings. The van der Waals surface area contributed by atoms with E-state index < -0.39 is 17.1 Å². The summed E-state index contributed by atoms with van der Waals surface area (Å²) in [5.74, 6) is -0.166. The van der Waals surface area contributed by atoms with E-state index in [1.54, 1.807) is 6.26 Å². The van der Waals surface area contributed by atoms with Gasteiger partial charge in [0.15, 0.2) is 0 Å². The van der Waals surface area contributed by atoms with E-state index in [-0.39, 0.29) is 31.6 Å². The van der Waals surface area contributed by atoms with Crippen LogP contribution in [0.25, 0.3) is 0 Å². The van der Waals surface area contributed by atoms with Crippen LogP contribution < -0.4 is 22.4 Å². The molecule has 0 aliphatic heterocycles. The second-order valence-electron chi connectivity index (χ2n) is 16.5. The van der Waals surface area contributed by atoms with Crippen LogP contribution in [0.15, 0.2) is 39.3 Å². The molecule has 0 aliphatic carbocycles. The lowest BCUT2D eigenvalue weighted by molar-refractivity contribution is -0.128. The maximum absolute atomic E-state index is 13.0. The fourth-order valence-electron chi connectivity index (χ4n) is 7.20. The number of nitrogens with zero attached hydrogens (tertiary/aromatic N) is 10. The Labute approximate surface area is 410 Å². The van der Waals surface area contributed by atoms with Gasteiger partial charge in [0.05, 0.1) is 32.7 Å². The van der Waals surface area contributed by atoms with E-state index in [1.165, 1.54) is 35.3 Å². The van der Waals surface area contributed by atoms with E-state index in [0.29, 0.717) is 97.4 Å². The SMILES string of the molecule is N#COCCCCCCn1c(=O)n(CCCCCCN=C=O)c(=O)n(CCCCCCN=C=O)c1=O.O=C=NCCCCCCCC(=O)N(CCCCCCN=C=O)C(=O)NCCCCCCN=C=O. The van der Waals surface area contributed by atoms with E-state index in [2.05, 4.69) is 35.0 Å². The van der Waals surface area contributed by atoms with E-state index in [9.17, 15) is 47.9 Å². The normalized spacial score (nSPS) is 10.1. The van der Waals surface area contributed by atoms with Crippen LogP contribution >= 0.6 is 0 Å². The van der Waals surface area contributed by atoms with Crippen LogP contribution in [0, 0.1) is 11.5 Å². The summed E-state index contributed by atoms with van der Waals surface area (Å²) in [6, 6.07) is -0.354. The number of isocyanates is 5. The quantitative estimate of drug-likeness (QED) is 0.0340. The lowest BCUT2D eigenvalue weighted by Crippen LogP contribution is -2.54. The van der Waals surface area contributed by atoms with E-state index in [4.69, 9.17) is 5.26 Å². The molecule has 1 heterocycles. The molecule has 0 unspecified atom stereocenters. The summed E-state index contributed by atoms with van der Waals surface area (Å²) in [4.78, 5) is 134. The minimum atomic E-state index is -0.592. The predicted octanol–water partition coefficient (Wildman–Crippen LogP) is 6.02. The van der Waals surface area contributed by atoms with Crippen molar-refractivity contribution < 1.29 is 38.3 Å². The van der Waals surface area contributed by atoms with Gasteiger partial charge in [-0.1, -0.05) is 77.0 Å². The van der Waals surface area contributed by atoms with Crippen molar-refractivity contribution >= 4 is 42.3 Å². The van der Waals surface area contributed by atoms with Crippen LogP contribution in [0.5, 0.6) is 0 Å². The number of rotatable bonds is 43. The van der Waals surface area contributed by atoms with Crippen molar-refractivity contribution in [3.8, 4) is 6.26 Å². The highest BCUT2D eigenvalue weighted by Gasteiger charge is 2.20. The molecule has 0 saturated heterocycles. The van der Waals surface area contributed by atoms with Crippen molar-refractivity contribution in [2.75, 3.05) is 52.4 Å². The number of carbonyl (C=O) groups is 2. The summed E-state index contributed by atoms with van der Waals surface area (Å²) in [7, 11) is 0. The first kappa shape index (κ1) is 63.5. The molecule has 0 radical (unpaired) electrons. The molecule has 0 spiro atoms. The van der Waals surface area contributed by atoms with Gasteiger partial charge in [0.1, 0.15) is 6.61 Å². The van der Waals surface area contributed by atoms with Gasteiger partial charge in [-0.05, 0) is 83.5 Å². The lowest BCUT2D eigenvalue weighted by Gasteiger charge is -2.21. The minimum Gasteiger partial charge on any atom is -0.428 e. The number of hydrogen-bond acceptors (Lipinski definition) is 17. The van der Waals surface area contributed by atoms with Gasteiger partial charge in [0.2, 0.25) is 36.3 Å². The van der Waals surface area contributed by atoms with Gasteiger partial charge in [0.25, 0.3) is 6.26 Å². The zero-order valence-electron chi connectivity index (χ0n) is 41.1. The Bertz CT molecular complexity index is 1950. The molecule has 1 rings (SSSR count). The monoisotopic (exact) mass is 982 g/mol. The van der Waals surface area contributed by atoms with Crippen LogP contribution in [-0.2, 0) is 53.1 Å². The van der Waals surface area contributed by atoms with Crippen molar-refractivity contribution in [2.45, 2.75) is 187 Å². The van der Waals surface area contributed by atoms with Gasteiger partial charge < -0.3 is 10.1 Å². The molecule has 0 saturated carbocycles. The van der Waals surface area contributed by atoms with E-state index >= 15 is 0 Å². The van der Waals surface area contributed by atoms with E-state index in [0.717, 1.165) is 136 Å². The number of aromatic nitrogens is 3. The molecule has 0 atom stereocenters. The Hall–Kier alpha value is -6.46. The van der Waals surface area contributed by atoms with Crippen molar-refractivity contribution in [2.24, 2.45) is 25.0 Å². The Kier molecular flexibility index (Phi) is 43.2. The summed E-state index contributed by atoms with van der Waals surface area (Å²) in [6.45, 7) is 4.08. The van der Waals surface area contributed by atoms with Crippen LogP contribution in [-0.4, -0.2) is 113 Å². The first-order chi connectivity index (χ1) is 34.2. The predicted molar refractivity (Wildman–Crippen MR) is 261 cm³/mol. The third-order valence-electron chi connectivity index (χ3n) is 11.0. The molecular weight excluding hydrogens is 907 g/mol. The highest BCUT2D eigenvalue weighted by molar-refractivity contribution is 5.94. The molecule has 70 heavy (non-hydrogen) atoms. The van der Waals surface area contributed by atoms with Crippen LogP contribution in [0.4, 0.5) is 4.79 Å². The summed E-state index contributed by atoms with van der Waals surface area (Å²) < 4.78 is 8.07. The third-order valence-corrected chi connectivity index (χ3v) is 11.0. The maximum Gasteiger partial charge on any atom is 0.336 e. The standard InChI is InChI=1S/C24H36N6O6.C24H39N5O5/c25-19-36-18-12-6-5-11-17-30-23(34)28(15-9-3-1-7-13-26-20-31)22(33)29(24(30)35)16-10-4-2-8-14-27-21-32;30-20-25-15-9-3-1-2-8-14-23(33)29(19-13-7-6-11-17-27-22-32)24(34)28-18-12-5-4-10-16-26-21-31/h1-18H2;1-19H2,(H,28,34). The number of nitriles is 1. The zero-order chi connectivity index (χ0) is 51.6. The smallest absolute Gasteiger partial charge is 0.336 e. The summed E-state index contributed by atoms with van der Waals surface area (Å²) in [5.41, 5.74) is -1.77. The van der Waals surface area contributed by atoms with Gasteiger partial charge in [-0.25, -0.2) is 81.8 Å². The molecule has 0 aromatic carbocycles. The summed E-state index contributed by atoms with van der Waals surface area (Å²) in [5, 5.41) is 11.2. The molecule has 388 valence electrons. The summed E-state index contributed by atoms with van der Waals surface area (Å²) in [6.07, 6.45) is 29.1. The van der Waals surface area contributed by atoms with Crippen LogP contribution in [0.2, 0.25) is 0 Å². The Morgan fingerprint density at radius 2 is 0.786 bits per heavy atom. The van der Waals surface area contributed by atoms with Gasteiger partial charge >= 0.3 is 23.1 Å². The van der Waals surface area contributed by atoms with Crippen molar-refractivity contribution in [1.82, 2.24) is 23.9 Å². The number of nitrogens with one attached hydrogen (secondary N) is 1. The number of urea groups is 1. The Morgan fingerprint density at radius 1 is 0.457 bits per heavy atom. The average molecular weight is 982 g/mol. The minimum absolute atomic E-state index is 0.166. The van der Waals surface area contributed by atoms with Crippen molar-refractivity contribution in [1.29, 1.82) is 5.26 Å². The molecule has 0 bridgehead atoms. The number of unbranched alkanes of at least 4 members (excludes halogenated alkanes) is 19. The fraction of sp³-hybridized carbons (Fsp3) is 0.771. The highest BCUT2D eigenvalue weighted by Crippen LogP contribution is 2.11. The van der Waals surface area contributed by atoms with Crippen molar-refractivity contribution in [3.63, 3.8) is 0 Å². The number of amides is 3. The highest BCUT2D eigenvalue weighted by atomic mass is 16.5. The van der Waals surface area contributed by atoms with Crippen LogP contribution in [0.1, 0.15) is 167 Å². The summed E-state index contributed by atoms with van der Waals surface area (Å²) >= 11 is 0. The van der Waals surface area contributed by atoms with Gasteiger partial charge in [-0.2, -0.15) is 5.26 Å². The van der Waals surface area contributed by atoms with Crippen LogP contribution in [0.3, 0.4) is 0 Å². The first-order valence-electron chi connectivity index (χ1n) is 25.0. The average Bonchev–Trinajstić information content (AvgIpc) is 3.35. The Morgan fingerprint density at radius 3 is 1.17 bits per heavy atom. The first-order valence-corrected chi connectivity index (χ1v) is 25.0. The zero-order valence-corrected chi connectivity index (χ0v) is 41.1. The number of aliphatic imine (C=N–C) groups is 5. The molecule has 0 fully saturated rings. The molecule has 3 amide bonds. The molecule has 1 N–H and O–H groups in total. The molecular formula is C48H75N11O11. The van der Waals surface area contributed by atoms with Gasteiger partial charge in [-0.3, -0.25) is 9.69 Å². The number of ether oxygens (including phenoxy) is 1. The number of hydrogen-bond donors (Lipinski definition) is 1. The molecule has 1 aromatic rings. The largest absolute Gasteiger partial charge is 0.428 e. The second-order valence-corrected chi connectivity index (χ2v) is 16.5. The molecule has 22 nitrogen and oxygen atoms in total. The van der Waals surface area contributed by atoms with E-state index in [1.807, 2.05) is 0 Å². The van der Waals surface area contributed by atoms with Gasteiger partial charge in [0, 0.05) is 39.1 Å². The second kappa shape index (κ2) is 47.6. The molecule has 1 aromatic heterocycles. The number of imide groups is 1. The maximum atomic E-state index is 13.0. The van der Waals surface area contributed by atoms with Crippen molar-refractivity contribution in [3.05, 3.63) is 31.5 Å². The fourth-order valence-corrected chi connectivity index (χ4v) is 7.20. The molecule has 22 heteroatoms. The Balaban J connectivity index is 0.00000136.